The minimum absolute atomic E-state index is 1.28. The number of thiol groups is 1. The molecule has 0 aliphatic heterocycles. The molecule has 0 rings (SSSR count). The van der Waals surface area contributed by atoms with Crippen molar-refractivity contribution < 1.29 is 0 Å². The van der Waals surface area contributed by atoms with Crippen LogP contribution in [0.15, 0.2) is 0 Å². The number of unbranched alkanes of at least 4 members (excludes halogenated alkanes) is 24. The summed E-state index contributed by atoms with van der Waals surface area (Å²) in [5.74, 6) is 6.44. The van der Waals surface area contributed by atoms with Crippen molar-refractivity contribution in [1.82, 2.24) is 0 Å². The number of hydrogen-bond acceptors (Lipinski definition) is 17. The average Bonchev–Trinajstić information content (AvgIpc) is 3.13. The summed E-state index contributed by atoms with van der Waals surface area (Å²) in [5, 5.41) is 0. The van der Waals surface area contributed by atoms with Crippen LogP contribution in [-0.4, -0.2) is 28.8 Å². The van der Waals surface area contributed by atoms with Crippen molar-refractivity contribution in [2.75, 3.05) is 28.8 Å². The van der Waals surface area contributed by atoms with E-state index in [9.17, 15) is 0 Å². The van der Waals surface area contributed by atoms with Gasteiger partial charge in [0.25, 0.3) is 0 Å². The molecule has 0 radical (unpaired) electrons. The molecule has 0 unspecified atom stereocenters. The molecule has 302 valence electrons. The fourth-order valence-electron chi connectivity index (χ4n) is 4.89. The first kappa shape index (κ1) is 55.9. The summed E-state index contributed by atoms with van der Waals surface area (Å²) in [6.45, 7) is 2.26. The van der Waals surface area contributed by atoms with Crippen LogP contribution in [0.5, 0.6) is 0 Å². The molecule has 0 aliphatic rings. The van der Waals surface area contributed by atoms with Crippen molar-refractivity contribution in [1.29, 1.82) is 0 Å². The molecule has 0 fully saturated rings. The van der Waals surface area contributed by atoms with Crippen LogP contribution in [0.1, 0.15) is 180 Å². The van der Waals surface area contributed by atoms with E-state index in [0.29, 0.717) is 0 Å². The highest BCUT2D eigenvalue weighted by atomic mass is 33.9. The van der Waals surface area contributed by atoms with Gasteiger partial charge < -0.3 is 0 Å². The van der Waals surface area contributed by atoms with Gasteiger partial charge in [-0.1, -0.05) is 214 Å². The molecule has 50 heavy (non-hydrogen) atoms. The van der Waals surface area contributed by atoms with Crippen LogP contribution in [0.3, 0.4) is 0 Å². The smallest absolute Gasteiger partial charge is 0.00457 e. The maximum Gasteiger partial charge on any atom is 0.00457 e. The molecule has 0 nitrogen and oxygen atoms in total. The lowest BCUT2D eigenvalue weighted by Gasteiger charge is -2.04. The van der Waals surface area contributed by atoms with E-state index in [1.54, 1.807) is 19.7 Å². The summed E-state index contributed by atoms with van der Waals surface area (Å²) >= 11 is 4.15. The van der Waals surface area contributed by atoms with Crippen LogP contribution in [0.2, 0.25) is 0 Å². The van der Waals surface area contributed by atoms with Crippen molar-refractivity contribution in [3.63, 3.8) is 0 Å². The molecule has 0 saturated carbocycles. The lowest BCUT2D eigenvalue weighted by molar-refractivity contribution is 0.519. The van der Waals surface area contributed by atoms with Gasteiger partial charge in [-0.05, 0) is 140 Å². The summed E-state index contributed by atoms with van der Waals surface area (Å²) in [6.07, 6.45) is 38.8. The maximum atomic E-state index is 4.15. The summed E-state index contributed by atoms with van der Waals surface area (Å²) in [5.41, 5.74) is 0. The Hall–Kier alpha value is 5.95. The molecule has 0 bridgehead atoms. The van der Waals surface area contributed by atoms with E-state index >= 15 is 0 Å². The predicted octanol–water partition coefficient (Wildman–Crippen LogP) is 22.0. The SMILES string of the molecule is CCCCSSSSSSSCCCCSSSSSSCCCCCCCCCCCCCCCCCCCCCCCCCSSSS. The van der Waals surface area contributed by atoms with E-state index in [1.807, 2.05) is 132 Å². The topological polar surface area (TPSA) is 0 Å². The fraction of sp³-hybridized carbons (Fsp3) is 1.00. The molecule has 0 aromatic carbocycles. The Bertz CT molecular complexity index is 534. The zero-order valence-corrected chi connectivity index (χ0v) is 44.6. The summed E-state index contributed by atoms with van der Waals surface area (Å²) in [7, 11) is 30.9. The first-order valence-electron chi connectivity index (χ1n) is 19.0. The second-order valence-corrected chi connectivity index (χ2v) is 38.4. The Morgan fingerprint density at radius 2 is 0.440 bits per heavy atom. The summed E-state index contributed by atoms with van der Waals surface area (Å²) in [6, 6.07) is 0. The summed E-state index contributed by atoms with van der Waals surface area (Å²) in [4.78, 5) is 0. The van der Waals surface area contributed by atoms with Crippen LogP contribution in [0.4, 0.5) is 0 Å². The lowest BCUT2D eigenvalue weighted by Crippen LogP contribution is -1.85. The van der Waals surface area contributed by atoms with Gasteiger partial charge in [0.2, 0.25) is 0 Å². The lowest BCUT2D eigenvalue weighted by atomic mass is 10.0. The molecule has 0 aromatic rings. The normalized spacial score (nSPS) is 11.6. The van der Waals surface area contributed by atoms with E-state index in [-0.39, 0.29) is 0 Å². The number of rotatable bonds is 47. The third-order valence-corrected chi connectivity index (χ3v) is 36.7. The Morgan fingerprint density at radius 3 is 0.700 bits per heavy atom. The molecule has 0 aromatic heterocycles. The first-order chi connectivity index (χ1) is 24.9. The Kier molecular flexibility index (Phi) is 61.5. The fourth-order valence-corrected chi connectivity index (χ4v) is 34.5. The van der Waals surface area contributed by atoms with Crippen molar-refractivity contribution in [3.05, 3.63) is 0 Å². The highest BCUT2D eigenvalue weighted by molar-refractivity contribution is 9.46. The highest BCUT2D eigenvalue weighted by Gasteiger charge is 2.00. The standard InChI is InChI=1S/C33H68S17/c1-2-3-29-36-42-48-50-49-45-39-33-28-27-32-38-44-47-46-43-37-31-26-24-22-20-18-16-14-12-10-8-6-4-5-7-9-11-13-15-17-19-21-23-25-30-35-41-40-34/h34H,2-33H2,1H3. The van der Waals surface area contributed by atoms with Crippen molar-refractivity contribution in [2.45, 2.75) is 180 Å². The quantitative estimate of drug-likeness (QED) is 0.0349. The molecule has 0 spiro atoms. The van der Waals surface area contributed by atoms with Gasteiger partial charge in [-0.3, -0.25) is 0 Å². The van der Waals surface area contributed by atoms with E-state index in [1.165, 1.54) is 202 Å². The van der Waals surface area contributed by atoms with Gasteiger partial charge in [0, 0.05) is 28.8 Å². The first-order valence-corrected chi connectivity index (χ1v) is 40.7. The van der Waals surface area contributed by atoms with E-state index in [0.717, 1.165) is 0 Å². The monoisotopic (exact) mass is 1010 g/mol. The minimum atomic E-state index is 1.28. The van der Waals surface area contributed by atoms with Gasteiger partial charge >= 0.3 is 0 Å². The molecule has 0 N–H and O–H groups in total. The van der Waals surface area contributed by atoms with E-state index in [4.69, 9.17) is 0 Å². The average molecular weight is 1010 g/mol. The Labute approximate surface area is 377 Å². The van der Waals surface area contributed by atoms with E-state index < -0.39 is 0 Å². The van der Waals surface area contributed by atoms with Crippen molar-refractivity contribution in [2.24, 2.45) is 0 Å². The van der Waals surface area contributed by atoms with Gasteiger partial charge in [-0.15, -0.1) is 0 Å². The third kappa shape index (κ3) is 54.0. The van der Waals surface area contributed by atoms with Gasteiger partial charge in [0.05, 0.1) is 0 Å². The third-order valence-electron chi connectivity index (χ3n) is 7.71. The maximum absolute atomic E-state index is 4.15. The van der Waals surface area contributed by atoms with Gasteiger partial charge in [-0.2, -0.15) is 0 Å². The molecule has 0 heterocycles. The van der Waals surface area contributed by atoms with Gasteiger partial charge in [0.15, 0.2) is 0 Å². The highest BCUT2D eigenvalue weighted by Crippen LogP contribution is 2.55. The van der Waals surface area contributed by atoms with Gasteiger partial charge in [0.1, 0.15) is 0 Å². The molecule has 0 saturated heterocycles. The van der Waals surface area contributed by atoms with Crippen LogP contribution in [0.25, 0.3) is 0 Å². The second kappa shape index (κ2) is 54.9. The zero-order valence-electron chi connectivity index (χ0n) is 30.6. The minimum Gasteiger partial charge on any atom is -0.0989 e. The predicted molar refractivity (Wildman–Crippen MR) is 285 cm³/mol. The largest absolute Gasteiger partial charge is 0.0989 e. The zero-order chi connectivity index (χ0) is 35.9. The van der Waals surface area contributed by atoms with Gasteiger partial charge in [-0.25, -0.2) is 0 Å². The molecule has 0 aliphatic carbocycles. The Balaban J connectivity index is 3.04. The van der Waals surface area contributed by atoms with Crippen LogP contribution in [-0.2, 0) is 0 Å². The molecular formula is C33H68S17. The van der Waals surface area contributed by atoms with Crippen LogP contribution >= 0.6 is 174 Å². The second-order valence-electron chi connectivity index (χ2n) is 12.1. The molecular weight excluding hydrogens is 942 g/mol. The van der Waals surface area contributed by atoms with Crippen LogP contribution < -0.4 is 0 Å². The van der Waals surface area contributed by atoms with Crippen LogP contribution in [0, 0.1) is 0 Å². The van der Waals surface area contributed by atoms with Crippen molar-refractivity contribution >= 4 is 174 Å². The summed E-state index contributed by atoms with van der Waals surface area (Å²) < 4.78 is 0. The molecule has 0 amide bonds. The van der Waals surface area contributed by atoms with Crippen molar-refractivity contribution in [3.8, 4) is 0 Å². The van der Waals surface area contributed by atoms with E-state index in [2.05, 4.69) is 29.4 Å². The Morgan fingerprint density at radius 1 is 0.240 bits per heavy atom. The molecule has 0 atom stereocenters. The number of hydrogen-bond donors (Lipinski definition) is 1. The molecule has 17 heteroatoms.